The van der Waals surface area contributed by atoms with Gasteiger partial charge in [-0.15, -0.1) is 18.2 Å². The first kappa shape index (κ1) is 24.0. The normalized spacial score (nSPS) is 15.4. The lowest BCUT2D eigenvalue weighted by atomic mass is 10.0. The van der Waals surface area contributed by atoms with Crippen molar-refractivity contribution in [2.75, 3.05) is 28.4 Å². The van der Waals surface area contributed by atoms with Crippen LogP contribution in [0.3, 0.4) is 0 Å². The standard InChI is InChI=1S/C31H29O4P/c1-32-27-13-8-14-28(33-2)25(27)19-36(20-26-29(34-3)15-9-16-30(26)35-4)31-17-7-12-23-22-11-6-5-10-21(22)18-24(23)31/h5-17,19-20H,18H2,1-4H3. The average Bonchev–Trinajstić information content (AvgIpc) is 3.31. The van der Waals surface area contributed by atoms with Crippen LogP contribution in [-0.4, -0.2) is 34.2 Å². The Hall–Kier alpha value is -3.72. The molecule has 0 aromatic heterocycles. The highest BCUT2D eigenvalue weighted by Crippen LogP contribution is 2.43. The molecule has 1 atom stereocenters. The quantitative estimate of drug-likeness (QED) is 0.219. The van der Waals surface area contributed by atoms with Crippen molar-refractivity contribution in [3.8, 4) is 22.6 Å². The number of ether oxygens (including phenoxy) is 4. The minimum Gasteiger partial charge on any atom is -0.540 e. The summed E-state index contributed by atoms with van der Waals surface area (Å²) >= 11 is 0. The molecule has 0 saturated heterocycles. The van der Waals surface area contributed by atoms with Crippen molar-refractivity contribution in [2.24, 2.45) is 0 Å². The van der Waals surface area contributed by atoms with Crippen molar-refractivity contribution >= 4 is 18.6 Å². The summed E-state index contributed by atoms with van der Waals surface area (Å²) in [5, 5.41) is 1.29. The first-order valence-corrected chi connectivity index (χ1v) is 13.3. The minimum absolute atomic E-state index is 0.776. The molecule has 0 fully saturated rings. The molecule has 0 saturated carbocycles. The van der Waals surface area contributed by atoms with Gasteiger partial charge < -0.3 is 18.9 Å². The van der Waals surface area contributed by atoms with Crippen LogP contribution in [-0.2, 0) is 15.9 Å². The maximum Gasteiger partial charge on any atom is 0.148 e. The topological polar surface area (TPSA) is 36.9 Å². The highest BCUT2D eigenvalue weighted by atomic mass is 31.1. The Morgan fingerprint density at radius 1 is 0.806 bits per heavy atom. The lowest BCUT2D eigenvalue weighted by Gasteiger charge is -2.26. The molecule has 0 heterocycles. The Balaban J connectivity index is 1.76. The van der Waals surface area contributed by atoms with Crippen LogP contribution in [0.4, 0.5) is 0 Å². The zero-order chi connectivity index (χ0) is 25.1. The van der Waals surface area contributed by atoms with Gasteiger partial charge >= 0.3 is 0 Å². The maximum absolute atomic E-state index is 5.74. The molecule has 3 aromatic carbocycles. The number of allylic oxidation sites excluding steroid dienone is 2. The smallest absolute Gasteiger partial charge is 0.148 e. The zero-order valence-corrected chi connectivity index (χ0v) is 21.8. The molecule has 0 N–H and O–H groups in total. The van der Waals surface area contributed by atoms with Gasteiger partial charge in [-0.2, -0.15) is 0 Å². The van der Waals surface area contributed by atoms with E-state index in [0.29, 0.717) is 0 Å². The summed E-state index contributed by atoms with van der Waals surface area (Å²) in [5.41, 5.74) is 7.21. The molecular weight excluding hydrogens is 467 g/mol. The average molecular weight is 497 g/mol. The van der Waals surface area contributed by atoms with Crippen molar-refractivity contribution in [1.29, 1.82) is 0 Å². The minimum atomic E-state index is -0.971. The van der Waals surface area contributed by atoms with E-state index in [4.69, 9.17) is 18.9 Å². The van der Waals surface area contributed by atoms with E-state index in [0.717, 1.165) is 40.9 Å². The van der Waals surface area contributed by atoms with Gasteiger partial charge in [0.05, 0.1) is 27.1 Å². The monoisotopic (exact) mass is 496 g/mol. The van der Waals surface area contributed by atoms with E-state index in [1.54, 1.807) is 28.4 Å². The van der Waals surface area contributed by atoms with Crippen LogP contribution in [0, 0.1) is 6.10 Å². The zero-order valence-electron chi connectivity index (χ0n) is 20.9. The van der Waals surface area contributed by atoms with Gasteiger partial charge in [0.2, 0.25) is 0 Å². The summed E-state index contributed by atoms with van der Waals surface area (Å²) in [6.45, 7) is 0. The Bertz CT molecular complexity index is 1390. The Morgan fingerprint density at radius 3 is 2.25 bits per heavy atom. The number of fused-ring (bicyclic) bond motifs is 3. The van der Waals surface area contributed by atoms with E-state index >= 15 is 0 Å². The highest BCUT2D eigenvalue weighted by Gasteiger charge is 2.28. The molecule has 0 spiro atoms. The molecule has 0 bridgehead atoms. The molecule has 5 heteroatoms. The van der Waals surface area contributed by atoms with Gasteiger partial charge in [-0.1, -0.05) is 42.5 Å². The summed E-state index contributed by atoms with van der Waals surface area (Å²) in [6.07, 6.45) is 7.57. The molecule has 0 radical (unpaired) electrons. The van der Waals surface area contributed by atoms with Crippen LogP contribution in [0.5, 0.6) is 11.5 Å². The first-order valence-electron chi connectivity index (χ1n) is 11.8. The molecule has 4 nitrogen and oxygen atoms in total. The van der Waals surface area contributed by atoms with Gasteiger partial charge in [-0.05, 0) is 46.6 Å². The second-order valence-electron chi connectivity index (χ2n) is 8.46. The second-order valence-corrected chi connectivity index (χ2v) is 10.3. The molecule has 5 rings (SSSR count). The first-order chi connectivity index (χ1) is 17.7. The van der Waals surface area contributed by atoms with Crippen molar-refractivity contribution in [3.63, 3.8) is 0 Å². The SMILES string of the molecule is COC1=CC=C[C-](OC)C1=C[P+](=Cc1c(OC)cccc1OC)c1cccc2c1Cc1ccccc1-2. The third-order valence-corrected chi connectivity index (χ3v) is 8.62. The molecule has 2 aliphatic rings. The summed E-state index contributed by atoms with van der Waals surface area (Å²) in [6, 6.07) is 21.2. The Kier molecular flexibility index (Phi) is 6.99. The van der Waals surface area contributed by atoms with E-state index in [1.807, 2.05) is 36.4 Å². The lowest BCUT2D eigenvalue weighted by molar-refractivity contribution is 0.231. The summed E-state index contributed by atoms with van der Waals surface area (Å²) in [5.74, 6) is 6.88. The fourth-order valence-electron chi connectivity index (χ4n) is 4.85. The highest BCUT2D eigenvalue weighted by molar-refractivity contribution is 7.68. The third-order valence-electron chi connectivity index (χ3n) is 6.57. The van der Waals surface area contributed by atoms with Crippen LogP contribution in [0.2, 0.25) is 0 Å². The van der Waals surface area contributed by atoms with E-state index < -0.39 is 7.55 Å². The molecule has 0 aliphatic heterocycles. The van der Waals surface area contributed by atoms with Crippen molar-refractivity contribution in [3.05, 3.63) is 119 Å². The summed E-state index contributed by atoms with van der Waals surface area (Å²) < 4.78 is 23.0. The summed E-state index contributed by atoms with van der Waals surface area (Å²) in [7, 11) is 5.80. The molecule has 3 aromatic rings. The van der Waals surface area contributed by atoms with Gasteiger partial charge in [0.15, 0.2) is 0 Å². The number of rotatable bonds is 7. The predicted molar refractivity (Wildman–Crippen MR) is 149 cm³/mol. The third kappa shape index (κ3) is 4.35. The van der Waals surface area contributed by atoms with E-state index in [1.165, 1.54) is 27.6 Å². The second kappa shape index (κ2) is 10.5. The van der Waals surface area contributed by atoms with Crippen LogP contribution < -0.4 is 14.8 Å². The Labute approximate surface area is 213 Å². The van der Waals surface area contributed by atoms with Gasteiger partial charge in [0, 0.05) is 24.9 Å². The molecule has 36 heavy (non-hydrogen) atoms. The Morgan fingerprint density at radius 2 is 1.53 bits per heavy atom. The van der Waals surface area contributed by atoms with Gasteiger partial charge in [-0.3, -0.25) is 0 Å². The fraction of sp³-hybridized carbons (Fsp3) is 0.161. The van der Waals surface area contributed by atoms with E-state index in [9.17, 15) is 0 Å². The van der Waals surface area contributed by atoms with E-state index in [2.05, 4.69) is 54.1 Å². The number of methoxy groups -OCH3 is 4. The van der Waals surface area contributed by atoms with Crippen molar-refractivity contribution in [1.82, 2.24) is 0 Å². The maximum atomic E-state index is 5.74. The van der Waals surface area contributed by atoms with Crippen molar-refractivity contribution < 1.29 is 18.9 Å². The van der Waals surface area contributed by atoms with Crippen LogP contribution in [0.1, 0.15) is 16.7 Å². The number of hydrogen-bond acceptors (Lipinski definition) is 4. The van der Waals surface area contributed by atoms with Gasteiger partial charge in [-0.25, -0.2) is 0 Å². The molecule has 2 aliphatic carbocycles. The van der Waals surface area contributed by atoms with Crippen LogP contribution in [0.25, 0.3) is 11.1 Å². The van der Waals surface area contributed by atoms with Crippen LogP contribution in [0.15, 0.2) is 96.0 Å². The molecular formula is C31H29O4P. The van der Waals surface area contributed by atoms with Gasteiger partial charge in [0.1, 0.15) is 35.7 Å². The number of hydrogen-bond donors (Lipinski definition) is 0. The number of benzene rings is 3. The molecule has 0 amide bonds. The predicted octanol–water partition coefficient (Wildman–Crippen LogP) is 6.40. The lowest BCUT2D eigenvalue weighted by Crippen LogP contribution is -2.10. The fourth-order valence-corrected chi connectivity index (χ4v) is 7.04. The van der Waals surface area contributed by atoms with E-state index in [-0.39, 0.29) is 0 Å². The summed E-state index contributed by atoms with van der Waals surface area (Å²) in [4.78, 5) is 0. The van der Waals surface area contributed by atoms with Gasteiger partial charge in [0.25, 0.3) is 0 Å². The molecule has 1 unspecified atom stereocenters. The van der Waals surface area contributed by atoms with Crippen molar-refractivity contribution in [2.45, 2.75) is 6.42 Å². The largest absolute Gasteiger partial charge is 0.540 e. The van der Waals surface area contributed by atoms with Crippen LogP contribution >= 0.6 is 7.55 Å². The molecule has 182 valence electrons.